The second kappa shape index (κ2) is 12.5. The number of hydrogen-bond donors (Lipinski definition) is 2. The van der Waals surface area contributed by atoms with Crippen molar-refractivity contribution in [3.05, 3.63) is 138 Å². The van der Waals surface area contributed by atoms with Crippen LogP contribution in [0.5, 0.6) is 0 Å². The lowest BCUT2D eigenvalue weighted by molar-refractivity contribution is -0.119. The van der Waals surface area contributed by atoms with Crippen LogP contribution < -0.4 is 16.0 Å². The lowest BCUT2D eigenvalue weighted by Gasteiger charge is -2.24. The number of nitrogens with zero attached hydrogens (tertiary/aromatic N) is 1. The van der Waals surface area contributed by atoms with E-state index in [0.29, 0.717) is 24.1 Å². The summed E-state index contributed by atoms with van der Waals surface area (Å²) < 4.78 is 5.55. The smallest absolute Gasteiger partial charge is 0.421 e. The first kappa shape index (κ1) is 26.4. The number of anilines is 1. The van der Waals surface area contributed by atoms with Crippen LogP contribution in [0.4, 0.5) is 10.5 Å². The van der Waals surface area contributed by atoms with Gasteiger partial charge >= 0.3 is 6.09 Å². The predicted octanol–water partition coefficient (Wildman–Crippen LogP) is 5.57. The zero-order valence-electron chi connectivity index (χ0n) is 21.8. The van der Waals surface area contributed by atoms with E-state index in [1.165, 1.54) is 11.1 Å². The average molecular weight is 520 g/mol. The molecule has 3 N–H and O–H groups in total. The summed E-state index contributed by atoms with van der Waals surface area (Å²) in [5.41, 5.74) is 10.9. The maximum absolute atomic E-state index is 13.5. The number of hydrogen-bond acceptors (Lipinski definition) is 5. The van der Waals surface area contributed by atoms with E-state index < -0.39 is 18.0 Å². The van der Waals surface area contributed by atoms with Gasteiger partial charge in [0.15, 0.2) is 0 Å². The van der Waals surface area contributed by atoms with Gasteiger partial charge < -0.3 is 15.8 Å². The molecule has 39 heavy (non-hydrogen) atoms. The third-order valence-electron chi connectivity index (χ3n) is 7.00. The second-order valence-corrected chi connectivity index (χ2v) is 9.92. The van der Waals surface area contributed by atoms with E-state index in [1.54, 1.807) is 12.1 Å². The molecule has 4 aromatic carbocycles. The van der Waals surface area contributed by atoms with Crippen molar-refractivity contribution in [2.45, 2.75) is 44.0 Å². The first-order valence-electron chi connectivity index (χ1n) is 13.3. The van der Waals surface area contributed by atoms with E-state index in [9.17, 15) is 9.59 Å². The number of nitrogens with two attached hydrogens (primary N) is 1. The van der Waals surface area contributed by atoms with E-state index >= 15 is 0 Å². The quantitative estimate of drug-likeness (QED) is 0.286. The number of ether oxygens (including phenoxy) is 1. The fourth-order valence-electron chi connectivity index (χ4n) is 4.73. The Hall–Kier alpha value is -4.26. The van der Waals surface area contributed by atoms with Gasteiger partial charge in [0.1, 0.15) is 6.61 Å². The summed E-state index contributed by atoms with van der Waals surface area (Å²) in [4.78, 5) is 27.8. The molecule has 0 aromatic heterocycles. The first-order chi connectivity index (χ1) is 19.1. The van der Waals surface area contributed by atoms with Gasteiger partial charge in [-0.25, -0.2) is 9.69 Å². The van der Waals surface area contributed by atoms with Crippen LogP contribution in [0.1, 0.15) is 34.6 Å². The zero-order chi connectivity index (χ0) is 27.0. The van der Waals surface area contributed by atoms with Crippen LogP contribution in [0.25, 0.3) is 0 Å². The van der Waals surface area contributed by atoms with Crippen molar-refractivity contribution < 1.29 is 14.3 Å². The predicted molar refractivity (Wildman–Crippen MR) is 153 cm³/mol. The van der Waals surface area contributed by atoms with Gasteiger partial charge in [0.25, 0.3) is 5.91 Å². The minimum absolute atomic E-state index is 0.0618. The third kappa shape index (κ3) is 6.99. The summed E-state index contributed by atoms with van der Waals surface area (Å²) in [6.45, 7) is 0.890. The number of nitrogens with one attached hydrogen (secondary N) is 1. The zero-order valence-corrected chi connectivity index (χ0v) is 21.8. The number of rotatable bonds is 10. The van der Waals surface area contributed by atoms with E-state index in [2.05, 4.69) is 17.4 Å². The van der Waals surface area contributed by atoms with Crippen molar-refractivity contribution in [1.29, 1.82) is 0 Å². The highest BCUT2D eigenvalue weighted by Gasteiger charge is 2.38. The van der Waals surface area contributed by atoms with Crippen molar-refractivity contribution in [2.75, 3.05) is 4.90 Å². The molecule has 0 spiro atoms. The van der Waals surface area contributed by atoms with E-state index in [-0.39, 0.29) is 6.61 Å². The van der Waals surface area contributed by atoms with Crippen LogP contribution in [0.15, 0.2) is 115 Å². The molecule has 1 saturated carbocycles. The molecule has 5 rings (SSSR count). The maximum Gasteiger partial charge on any atom is 0.421 e. The molecule has 0 aliphatic heterocycles. The summed E-state index contributed by atoms with van der Waals surface area (Å²) in [5, 5.41) is 3.61. The van der Waals surface area contributed by atoms with E-state index in [4.69, 9.17) is 10.5 Å². The standard InChI is InChI=1S/C33H33N3O3/c34-30(20-24-10-4-1-5-11-24)32(37)36(33(38)39-23-26-14-8-3-9-15-26)28-18-16-27(17-19-28)29-21-31(29)35-22-25-12-6-2-7-13-25/h1-19,29-31,35H,20-23,34H2/t29?,30-,31?/m0/s1. The van der Waals surface area contributed by atoms with Crippen LogP contribution in [-0.2, 0) is 29.1 Å². The largest absolute Gasteiger partial charge is 0.444 e. The van der Waals surface area contributed by atoms with E-state index in [1.807, 2.05) is 91.0 Å². The van der Waals surface area contributed by atoms with Crippen molar-refractivity contribution in [3.63, 3.8) is 0 Å². The SMILES string of the molecule is N[C@@H](Cc1ccccc1)C(=O)N(C(=O)OCc1ccccc1)c1ccc(C2CC2NCc2ccccc2)cc1. The lowest BCUT2D eigenvalue weighted by atomic mass is 10.0. The monoisotopic (exact) mass is 519 g/mol. The molecular weight excluding hydrogens is 486 g/mol. The molecule has 0 heterocycles. The average Bonchev–Trinajstić information content (AvgIpc) is 3.77. The Morgan fingerprint density at radius 1 is 0.795 bits per heavy atom. The van der Waals surface area contributed by atoms with Gasteiger partial charge in [-0.1, -0.05) is 103 Å². The van der Waals surface area contributed by atoms with Gasteiger partial charge in [0, 0.05) is 18.5 Å². The van der Waals surface area contributed by atoms with Crippen LogP contribution in [0, 0.1) is 0 Å². The van der Waals surface area contributed by atoms with Crippen molar-refractivity contribution in [1.82, 2.24) is 5.32 Å². The van der Waals surface area contributed by atoms with Gasteiger partial charge in [-0.15, -0.1) is 0 Å². The summed E-state index contributed by atoms with van der Waals surface area (Å²) in [5.74, 6) is -0.101. The molecule has 6 heteroatoms. The Morgan fingerprint density at radius 3 is 1.97 bits per heavy atom. The molecule has 4 aromatic rings. The highest BCUT2D eigenvalue weighted by molar-refractivity contribution is 6.14. The molecule has 6 nitrogen and oxygen atoms in total. The number of benzene rings is 4. The topological polar surface area (TPSA) is 84.7 Å². The van der Waals surface area contributed by atoms with Gasteiger partial charge in [0.2, 0.25) is 0 Å². The minimum Gasteiger partial charge on any atom is -0.444 e. The number of imide groups is 1. The third-order valence-corrected chi connectivity index (χ3v) is 7.00. The van der Waals surface area contributed by atoms with Crippen LogP contribution >= 0.6 is 0 Å². The number of carbonyl (C=O) groups is 2. The Bertz CT molecular complexity index is 1360. The van der Waals surface area contributed by atoms with Crippen LogP contribution in [0.2, 0.25) is 0 Å². The molecule has 0 radical (unpaired) electrons. The molecule has 2 amide bonds. The van der Waals surface area contributed by atoms with Crippen molar-refractivity contribution >= 4 is 17.7 Å². The summed E-state index contributed by atoms with van der Waals surface area (Å²) >= 11 is 0. The summed E-state index contributed by atoms with van der Waals surface area (Å²) in [6.07, 6.45) is 0.626. The molecule has 198 valence electrons. The Kier molecular flexibility index (Phi) is 8.46. The molecule has 2 unspecified atom stereocenters. The first-order valence-corrected chi connectivity index (χ1v) is 13.3. The molecule has 1 fully saturated rings. The normalized spacial score (nSPS) is 16.7. The van der Waals surface area contributed by atoms with Crippen molar-refractivity contribution in [2.24, 2.45) is 5.73 Å². The van der Waals surface area contributed by atoms with Gasteiger partial charge in [-0.3, -0.25) is 4.79 Å². The fourth-order valence-corrected chi connectivity index (χ4v) is 4.73. The van der Waals surface area contributed by atoms with Crippen LogP contribution in [-0.4, -0.2) is 24.1 Å². The van der Waals surface area contributed by atoms with Gasteiger partial charge in [0.05, 0.1) is 11.7 Å². The molecule has 3 atom stereocenters. The minimum atomic E-state index is -0.897. The summed E-state index contributed by atoms with van der Waals surface area (Å²) in [6, 6.07) is 36.3. The van der Waals surface area contributed by atoms with E-state index in [0.717, 1.165) is 29.0 Å². The number of amides is 2. The fraction of sp³-hybridized carbons (Fsp3) is 0.212. The van der Waals surface area contributed by atoms with Gasteiger partial charge in [-0.05, 0) is 47.2 Å². The highest BCUT2D eigenvalue weighted by Crippen LogP contribution is 2.41. The molecule has 0 saturated heterocycles. The van der Waals surface area contributed by atoms with Crippen molar-refractivity contribution in [3.8, 4) is 0 Å². The molecule has 1 aliphatic rings. The van der Waals surface area contributed by atoms with Crippen LogP contribution in [0.3, 0.4) is 0 Å². The second-order valence-electron chi connectivity index (χ2n) is 9.92. The van der Waals surface area contributed by atoms with Gasteiger partial charge in [-0.2, -0.15) is 0 Å². The number of carbonyl (C=O) groups excluding carboxylic acids is 2. The Labute approximate surface area is 229 Å². The lowest BCUT2D eigenvalue weighted by Crippen LogP contribution is -2.48. The highest BCUT2D eigenvalue weighted by atomic mass is 16.6. The maximum atomic E-state index is 13.5. The Balaban J connectivity index is 1.27. The molecule has 0 bridgehead atoms. The molecule has 1 aliphatic carbocycles. The molecular formula is C33H33N3O3. The summed E-state index contributed by atoms with van der Waals surface area (Å²) in [7, 11) is 0. The Morgan fingerprint density at radius 2 is 1.36 bits per heavy atom.